The van der Waals surface area contributed by atoms with E-state index in [-0.39, 0.29) is 0 Å². The summed E-state index contributed by atoms with van der Waals surface area (Å²) in [5, 5.41) is 1.13. The molecule has 0 N–H and O–H groups in total. The molecular weight excluding hydrogens is 316 g/mol. The molecule has 0 aliphatic carbocycles. The Morgan fingerprint density at radius 3 is 2.05 bits per heavy atom. The molecule has 0 aliphatic heterocycles. The van der Waals surface area contributed by atoms with Crippen LogP contribution in [0.2, 0.25) is 0 Å². The van der Waals surface area contributed by atoms with Gasteiger partial charge in [0.1, 0.15) is 6.33 Å². The molecule has 4 heteroatoms. The van der Waals surface area contributed by atoms with Crippen molar-refractivity contribution < 1.29 is 4.74 Å². The molecule has 0 atom stereocenters. The van der Waals surface area contributed by atoms with E-state index in [1.54, 1.807) is 6.33 Å². The minimum absolute atomic E-state index is 0.924. The van der Waals surface area contributed by atoms with E-state index in [2.05, 4.69) is 25.9 Å². The first kappa shape index (κ1) is 17.6. The molecule has 1 aromatic heterocycles. The Morgan fingerprint density at radius 1 is 0.800 bits per heavy atom. The summed E-state index contributed by atoms with van der Waals surface area (Å²) in [5.74, 6) is 0. The van der Waals surface area contributed by atoms with Crippen molar-refractivity contribution in [3.63, 3.8) is 0 Å². The quantitative estimate of drug-likeness (QED) is 0.389. The first-order valence-electron chi connectivity index (χ1n) is 7.81. The average Bonchev–Trinajstić information content (AvgIpc) is 2.49. The van der Waals surface area contributed by atoms with Crippen LogP contribution in [0.15, 0.2) is 18.7 Å². The number of aryl methyl sites for hydroxylation is 1. The summed E-state index contributed by atoms with van der Waals surface area (Å²) in [4.78, 5) is 8.05. The maximum Gasteiger partial charge on any atom is 0.115 e. The monoisotopic (exact) mass is 342 g/mol. The van der Waals surface area contributed by atoms with E-state index in [1.165, 1.54) is 56.9 Å². The molecule has 0 saturated carbocycles. The number of aromatic nitrogens is 2. The number of hydrogen-bond donors (Lipinski definition) is 0. The van der Waals surface area contributed by atoms with Gasteiger partial charge in [0, 0.05) is 30.9 Å². The van der Waals surface area contributed by atoms with Crippen LogP contribution in [0.3, 0.4) is 0 Å². The highest BCUT2D eigenvalue weighted by Crippen LogP contribution is 2.06. The van der Waals surface area contributed by atoms with Crippen LogP contribution in [0.25, 0.3) is 0 Å². The number of nitrogens with zero attached hydrogens (tertiary/aromatic N) is 2. The van der Waals surface area contributed by atoms with E-state index in [9.17, 15) is 0 Å². The normalized spacial score (nSPS) is 10.8. The molecule has 3 nitrogen and oxygen atoms in total. The minimum Gasteiger partial charge on any atom is -0.381 e. The zero-order valence-electron chi connectivity index (χ0n) is 12.4. The SMILES string of the molecule is BrCCCCCCOCCCCCCc1cncnc1. The van der Waals surface area contributed by atoms with Crippen LogP contribution in [0, 0.1) is 0 Å². The molecule has 0 bridgehead atoms. The predicted octanol–water partition coefficient (Wildman–Crippen LogP) is 4.55. The van der Waals surface area contributed by atoms with Crippen LogP contribution in [0.1, 0.15) is 56.9 Å². The lowest BCUT2D eigenvalue weighted by Gasteiger charge is -2.04. The van der Waals surface area contributed by atoms with Gasteiger partial charge in [-0.3, -0.25) is 0 Å². The summed E-state index contributed by atoms with van der Waals surface area (Å²) < 4.78 is 5.65. The van der Waals surface area contributed by atoms with Crippen molar-refractivity contribution in [2.45, 2.75) is 57.8 Å². The Balaban J connectivity index is 1.77. The molecule has 0 spiro atoms. The molecular formula is C16H27BrN2O. The fourth-order valence-electron chi connectivity index (χ4n) is 2.10. The Kier molecular flexibility index (Phi) is 11.9. The molecule has 0 fully saturated rings. The third-order valence-electron chi connectivity index (χ3n) is 3.29. The predicted molar refractivity (Wildman–Crippen MR) is 87.3 cm³/mol. The second-order valence-corrected chi connectivity index (χ2v) is 5.92. The van der Waals surface area contributed by atoms with Crippen LogP contribution >= 0.6 is 15.9 Å². The third-order valence-corrected chi connectivity index (χ3v) is 3.85. The van der Waals surface area contributed by atoms with Gasteiger partial charge in [-0.15, -0.1) is 0 Å². The maximum atomic E-state index is 5.65. The van der Waals surface area contributed by atoms with Crippen LogP contribution in [0.4, 0.5) is 0 Å². The van der Waals surface area contributed by atoms with Crippen molar-refractivity contribution in [2.24, 2.45) is 0 Å². The van der Waals surface area contributed by atoms with E-state index >= 15 is 0 Å². The lowest BCUT2D eigenvalue weighted by atomic mass is 10.1. The zero-order chi connectivity index (χ0) is 14.3. The molecule has 0 radical (unpaired) electrons. The maximum absolute atomic E-state index is 5.65. The van der Waals surface area contributed by atoms with Crippen LogP contribution in [0.5, 0.6) is 0 Å². The number of halogens is 1. The molecule has 1 rings (SSSR count). The second-order valence-electron chi connectivity index (χ2n) is 5.13. The van der Waals surface area contributed by atoms with Crippen molar-refractivity contribution in [3.8, 4) is 0 Å². The van der Waals surface area contributed by atoms with Gasteiger partial charge in [0.25, 0.3) is 0 Å². The highest BCUT2D eigenvalue weighted by Gasteiger charge is 1.95. The Labute approximate surface area is 131 Å². The van der Waals surface area contributed by atoms with E-state index < -0.39 is 0 Å². The summed E-state index contributed by atoms with van der Waals surface area (Å²) in [6.45, 7) is 1.86. The topological polar surface area (TPSA) is 35.0 Å². The molecule has 0 unspecified atom stereocenters. The van der Waals surface area contributed by atoms with E-state index in [0.717, 1.165) is 25.0 Å². The number of alkyl halides is 1. The molecule has 0 saturated heterocycles. The lowest BCUT2D eigenvalue weighted by Crippen LogP contribution is -1.97. The second kappa shape index (κ2) is 13.5. The molecule has 20 heavy (non-hydrogen) atoms. The van der Waals surface area contributed by atoms with Gasteiger partial charge in [0.15, 0.2) is 0 Å². The summed E-state index contributed by atoms with van der Waals surface area (Å²) in [6.07, 6.45) is 16.5. The summed E-state index contributed by atoms with van der Waals surface area (Å²) in [7, 11) is 0. The van der Waals surface area contributed by atoms with Gasteiger partial charge in [0.05, 0.1) is 0 Å². The summed E-state index contributed by atoms with van der Waals surface area (Å²) in [5.41, 5.74) is 1.24. The zero-order valence-corrected chi connectivity index (χ0v) is 14.0. The largest absolute Gasteiger partial charge is 0.381 e. The molecule has 1 heterocycles. The van der Waals surface area contributed by atoms with Crippen LogP contribution in [-0.4, -0.2) is 28.5 Å². The first-order valence-corrected chi connectivity index (χ1v) is 8.93. The molecule has 0 aromatic carbocycles. The highest BCUT2D eigenvalue weighted by molar-refractivity contribution is 9.09. The van der Waals surface area contributed by atoms with E-state index in [4.69, 9.17) is 4.74 Å². The number of hydrogen-bond acceptors (Lipinski definition) is 3. The van der Waals surface area contributed by atoms with Gasteiger partial charge in [0.2, 0.25) is 0 Å². The highest BCUT2D eigenvalue weighted by atomic mass is 79.9. The van der Waals surface area contributed by atoms with Crippen molar-refractivity contribution in [2.75, 3.05) is 18.5 Å². The van der Waals surface area contributed by atoms with Gasteiger partial charge >= 0.3 is 0 Å². The van der Waals surface area contributed by atoms with Crippen molar-refractivity contribution >= 4 is 15.9 Å². The summed E-state index contributed by atoms with van der Waals surface area (Å²) in [6, 6.07) is 0. The smallest absolute Gasteiger partial charge is 0.115 e. The number of rotatable bonds is 13. The number of ether oxygens (including phenoxy) is 1. The first-order chi connectivity index (χ1) is 9.93. The fraction of sp³-hybridized carbons (Fsp3) is 0.750. The fourth-order valence-corrected chi connectivity index (χ4v) is 2.50. The van der Waals surface area contributed by atoms with Gasteiger partial charge in [-0.25, -0.2) is 9.97 Å². The lowest BCUT2D eigenvalue weighted by molar-refractivity contribution is 0.126. The molecule has 1 aromatic rings. The minimum atomic E-state index is 0.924. The molecule has 0 amide bonds. The summed E-state index contributed by atoms with van der Waals surface area (Å²) >= 11 is 3.45. The van der Waals surface area contributed by atoms with Crippen LogP contribution < -0.4 is 0 Å². The van der Waals surface area contributed by atoms with Crippen molar-refractivity contribution in [3.05, 3.63) is 24.3 Å². The Bertz CT molecular complexity index is 309. The van der Waals surface area contributed by atoms with E-state index in [0.29, 0.717) is 0 Å². The molecule has 114 valence electrons. The Morgan fingerprint density at radius 2 is 1.40 bits per heavy atom. The number of unbranched alkanes of at least 4 members (excludes halogenated alkanes) is 6. The molecule has 0 aliphatic rings. The Hall–Kier alpha value is -0.480. The standard InChI is InChI=1S/C16H27BrN2O/c17-10-6-2-4-8-12-20-11-7-3-1-5-9-16-13-18-15-19-14-16/h13-15H,1-12H2. The van der Waals surface area contributed by atoms with Gasteiger partial charge in [-0.1, -0.05) is 41.6 Å². The van der Waals surface area contributed by atoms with Crippen molar-refractivity contribution in [1.82, 2.24) is 9.97 Å². The van der Waals surface area contributed by atoms with Gasteiger partial charge in [-0.2, -0.15) is 0 Å². The average molecular weight is 343 g/mol. The van der Waals surface area contributed by atoms with Gasteiger partial charge in [-0.05, 0) is 37.7 Å². The van der Waals surface area contributed by atoms with Crippen molar-refractivity contribution in [1.29, 1.82) is 0 Å². The van der Waals surface area contributed by atoms with Crippen LogP contribution in [-0.2, 0) is 11.2 Å². The van der Waals surface area contributed by atoms with E-state index in [1.807, 2.05) is 12.4 Å². The van der Waals surface area contributed by atoms with Gasteiger partial charge < -0.3 is 4.74 Å². The third kappa shape index (κ3) is 10.3.